The van der Waals surface area contributed by atoms with Gasteiger partial charge in [0.2, 0.25) is 11.6 Å². The van der Waals surface area contributed by atoms with Crippen molar-refractivity contribution in [2.24, 2.45) is 11.8 Å². The summed E-state index contributed by atoms with van der Waals surface area (Å²) in [6.07, 6.45) is 3.62. The maximum atomic E-state index is 14.7. The second-order valence-electron chi connectivity index (χ2n) is 8.07. The fraction of sp³-hybridized carbons (Fsp3) is 0.652. The van der Waals surface area contributed by atoms with Crippen LogP contribution in [0.3, 0.4) is 0 Å². The molecular formula is C23H30F4O3. The zero-order valence-corrected chi connectivity index (χ0v) is 17.6. The lowest BCUT2D eigenvalue weighted by Gasteiger charge is -2.35. The van der Waals surface area contributed by atoms with Gasteiger partial charge in [0.15, 0.2) is 11.5 Å². The van der Waals surface area contributed by atoms with Crippen LogP contribution in [0.25, 0.3) is 0 Å². The molecule has 168 valence electrons. The Kier molecular flexibility index (Phi) is 7.66. The summed E-state index contributed by atoms with van der Waals surface area (Å²) in [5.74, 6) is -4.70. The first-order valence-corrected chi connectivity index (χ1v) is 10.8. The van der Waals surface area contributed by atoms with E-state index < -0.39 is 29.4 Å². The average molecular weight is 430 g/mol. The first-order valence-electron chi connectivity index (χ1n) is 10.8. The van der Waals surface area contributed by atoms with Gasteiger partial charge in [-0.05, 0) is 69.1 Å². The topological polar surface area (TPSA) is 27.7 Å². The number of halogens is 4. The first-order chi connectivity index (χ1) is 14.4. The van der Waals surface area contributed by atoms with Crippen molar-refractivity contribution >= 4 is 0 Å². The van der Waals surface area contributed by atoms with Crippen molar-refractivity contribution in [3.63, 3.8) is 0 Å². The maximum absolute atomic E-state index is 14.7. The van der Waals surface area contributed by atoms with Gasteiger partial charge < -0.3 is 14.2 Å². The molecule has 30 heavy (non-hydrogen) atoms. The largest absolute Gasteiger partial charge is 0.491 e. The highest BCUT2D eigenvalue weighted by atomic mass is 19.3. The molecule has 1 aromatic carbocycles. The minimum absolute atomic E-state index is 0.136. The van der Waals surface area contributed by atoms with Crippen molar-refractivity contribution < 1.29 is 31.8 Å². The SMILES string of the molecule is CCCC1CC=C(C2CCC(C(F)(F)Oc3ccc(OCC)c(F)c3F)CC2)CO1. The van der Waals surface area contributed by atoms with Gasteiger partial charge in [0, 0.05) is 0 Å². The molecule has 7 heteroatoms. The quantitative estimate of drug-likeness (QED) is 0.341. The minimum Gasteiger partial charge on any atom is -0.491 e. The number of alkyl halides is 2. The summed E-state index contributed by atoms with van der Waals surface area (Å²) in [4.78, 5) is 0. The van der Waals surface area contributed by atoms with Gasteiger partial charge in [-0.1, -0.05) is 19.4 Å². The highest BCUT2D eigenvalue weighted by Crippen LogP contribution is 2.43. The fourth-order valence-corrected chi connectivity index (χ4v) is 4.32. The van der Waals surface area contributed by atoms with Crippen molar-refractivity contribution in [2.45, 2.75) is 71.0 Å². The van der Waals surface area contributed by atoms with E-state index in [2.05, 4.69) is 17.7 Å². The molecule has 0 bridgehead atoms. The van der Waals surface area contributed by atoms with Crippen LogP contribution < -0.4 is 9.47 Å². The van der Waals surface area contributed by atoms with E-state index in [1.807, 2.05) is 0 Å². The first kappa shape index (κ1) is 22.9. The van der Waals surface area contributed by atoms with Gasteiger partial charge in [-0.3, -0.25) is 0 Å². The van der Waals surface area contributed by atoms with Gasteiger partial charge in [-0.25, -0.2) is 0 Å². The van der Waals surface area contributed by atoms with Crippen LogP contribution in [0, 0.1) is 23.5 Å². The third-order valence-corrected chi connectivity index (χ3v) is 6.02. The van der Waals surface area contributed by atoms with Crippen LogP contribution in [-0.4, -0.2) is 25.4 Å². The highest BCUT2D eigenvalue weighted by molar-refractivity contribution is 5.35. The second-order valence-corrected chi connectivity index (χ2v) is 8.07. The Morgan fingerprint density at radius 1 is 1.03 bits per heavy atom. The molecule has 1 aliphatic heterocycles. The smallest absolute Gasteiger partial charge is 0.400 e. The van der Waals surface area contributed by atoms with E-state index in [4.69, 9.17) is 9.47 Å². The van der Waals surface area contributed by atoms with Gasteiger partial charge in [-0.15, -0.1) is 0 Å². The van der Waals surface area contributed by atoms with Crippen LogP contribution in [0.15, 0.2) is 23.8 Å². The third kappa shape index (κ3) is 5.29. The number of ether oxygens (including phenoxy) is 3. The summed E-state index contributed by atoms with van der Waals surface area (Å²) in [5, 5.41) is 0. The van der Waals surface area contributed by atoms with Crippen molar-refractivity contribution in [3.8, 4) is 11.5 Å². The molecule has 0 saturated heterocycles. The molecule has 0 aromatic heterocycles. The van der Waals surface area contributed by atoms with Gasteiger partial charge in [0.05, 0.1) is 25.2 Å². The van der Waals surface area contributed by atoms with Crippen molar-refractivity contribution in [2.75, 3.05) is 13.2 Å². The molecule has 1 unspecified atom stereocenters. The van der Waals surface area contributed by atoms with E-state index in [0.29, 0.717) is 19.4 Å². The highest BCUT2D eigenvalue weighted by Gasteiger charge is 2.45. The predicted molar refractivity (Wildman–Crippen MR) is 106 cm³/mol. The van der Waals surface area contributed by atoms with Gasteiger partial charge in [-0.2, -0.15) is 17.6 Å². The molecule has 0 N–H and O–H groups in total. The zero-order chi connectivity index (χ0) is 21.7. The van der Waals surface area contributed by atoms with Crippen molar-refractivity contribution in [1.29, 1.82) is 0 Å². The predicted octanol–water partition coefficient (Wildman–Crippen LogP) is 6.66. The van der Waals surface area contributed by atoms with Crippen LogP contribution in [0.1, 0.15) is 58.8 Å². The van der Waals surface area contributed by atoms with E-state index in [1.165, 1.54) is 5.57 Å². The molecule has 1 atom stereocenters. The number of benzene rings is 1. The van der Waals surface area contributed by atoms with Crippen LogP contribution in [-0.2, 0) is 4.74 Å². The van der Waals surface area contributed by atoms with Crippen LogP contribution >= 0.6 is 0 Å². The van der Waals surface area contributed by atoms with Crippen LogP contribution in [0.2, 0.25) is 0 Å². The van der Waals surface area contributed by atoms with E-state index in [1.54, 1.807) is 6.92 Å². The molecule has 1 heterocycles. The van der Waals surface area contributed by atoms with E-state index in [0.717, 1.165) is 31.4 Å². The molecule has 1 aromatic rings. The summed E-state index contributed by atoms with van der Waals surface area (Å²) in [7, 11) is 0. The van der Waals surface area contributed by atoms with E-state index >= 15 is 0 Å². The number of rotatable bonds is 8. The summed E-state index contributed by atoms with van der Waals surface area (Å²) >= 11 is 0. The Hall–Kier alpha value is -1.76. The monoisotopic (exact) mass is 430 g/mol. The Morgan fingerprint density at radius 3 is 2.30 bits per heavy atom. The molecule has 3 rings (SSSR count). The summed E-state index contributed by atoms with van der Waals surface area (Å²) in [6, 6.07) is 2.09. The zero-order valence-electron chi connectivity index (χ0n) is 17.6. The molecule has 1 saturated carbocycles. The Balaban J connectivity index is 1.58. The molecule has 3 nitrogen and oxygen atoms in total. The molecule has 1 fully saturated rings. The summed E-state index contributed by atoms with van der Waals surface area (Å²) in [5.41, 5.74) is 1.20. The standard InChI is InChI=1S/C23H30F4O3/c1-3-5-18-11-8-16(14-29-18)15-6-9-17(10-7-15)23(26,27)30-20-13-12-19(28-4-2)21(24)22(20)25/h8,12-13,15,17-18H,3-7,9-11,14H2,1-2H3. The molecule has 2 aliphatic rings. The molecule has 0 spiro atoms. The molecule has 1 aliphatic carbocycles. The van der Waals surface area contributed by atoms with Gasteiger partial charge in [0.1, 0.15) is 0 Å². The van der Waals surface area contributed by atoms with Gasteiger partial charge in [0.25, 0.3) is 0 Å². The van der Waals surface area contributed by atoms with Gasteiger partial charge >= 0.3 is 6.11 Å². The molecule has 0 radical (unpaired) electrons. The fourth-order valence-electron chi connectivity index (χ4n) is 4.32. The van der Waals surface area contributed by atoms with E-state index in [9.17, 15) is 17.6 Å². The number of hydrogen-bond donors (Lipinski definition) is 0. The lowest BCUT2D eigenvalue weighted by Crippen LogP contribution is -2.38. The van der Waals surface area contributed by atoms with E-state index in [-0.39, 0.29) is 37.2 Å². The normalized spacial score (nSPS) is 25.0. The molecular weight excluding hydrogens is 400 g/mol. The van der Waals surface area contributed by atoms with Crippen LogP contribution in [0.5, 0.6) is 11.5 Å². The lowest BCUT2D eigenvalue weighted by molar-refractivity contribution is -0.224. The number of hydrogen-bond acceptors (Lipinski definition) is 3. The Bertz CT molecular complexity index is 742. The lowest BCUT2D eigenvalue weighted by atomic mass is 9.77. The van der Waals surface area contributed by atoms with Crippen molar-refractivity contribution in [1.82, 2.24) is 0 Å². The van der Waals surface area contributed by atoms with Crippen molar-refractivity contribution in [3.05, 3.63) is 35.4 Å². The second kappa shape index (κ2) is 10.0. The maximum Gasteiger partial charge on any atom is 0.400 e. The summed E-state index contributed by atoms with van der Waals surface area (Å²) < 4.78 is 72.9. The van der Waals surface area contributed by atoms with Crippen LogP contribution in [0.4, 0.5) is 17.6 Å². The Morgan fingerprint density at radius 2 is 1.70 bits per heavy atom. The Labute approximate surface area is 175 Å². The molecule has 0 amide bonds. The average Bonchev–Trinajstić information content (AvgIpc) is 2.74. The minimum atomic E-state index is -3.57. The summed E-state index contributed by atoms with van der Waals surface area (Å²) in [6.45, 7) is 4.45. The third-order valence-electron chi connectivity index (χ3n) is 6.02.